The van der Waals surface area contributed by atoms with E-state index in [2.05, 4.69) is 5.32 Å². The van der Waals surface area contributed by atoms with Gasteiger partial charge in [0.05, 0.1) is 4.91 Å². The van der Waals surface area contributed by atoms with Crippen molar-refractivity contribution in [2.24, 2.45) is 0 Å². The van der Waals surface area contributed by atoms with Crippen molar-refractivity contribution < 1.29 is 19.1 Å². The van der Waals surface area contributed by atoms with Crippen LogP contribution in [0.15, 0.2) is 77.7 Å². The van der Waals surface area contributed by atoms with Crippen molar-refractivity contribution in [2.45, 2.75) is 13.5 Å². The number of aryl methyl sites for hydroxylation is 1. The number of benzene rings is 3. The Kier molecular flexibility index (Phi) is 7.35. The minimum Gasteiger partial charge on any atom is -0.488 e. The maximum absolute atomic E-state index is 12.9. The van der Waals surface area contributed by atoms with E-state index in [1.165, 1.54) is 0 Å². The number of imide groups is 1. The first kappa shape index (κ1) is 23.6. The molecule has 0 atom stereocenters. The number of hydrogen-bond acceptors (Lipinski definition) is 5. The molecule has 0 aliphatic carbocycles. The molecule has 0 unspecified atom stereocenters. The van der Waals surface area contributed by atoms with E-state index in [0.717, 1.165) is 27.8 Å². The highest BCUT2D eigenvalue weighted by molar-refractivity contribution is 8.18. The summed E-state index contributed by atoms with van der Waals surface area (Å²) in [6.45, 7) is 2.01. The fourth-order valence-corrected chi connectivity index (χ4v) is 4.30. The topological polar surface area (TPSA) is 75.7 Å². The Hall–Kier alpha value is -3.55. The highest BCUT2D eigenvalue weighted by Gasteiger charge is 2.36. The van der Waals surface area contributed by atoms with Crippen molar-refractivity contribution in [1.82, 2.24) is 4.90 Å². The Morgan fingerprint density at radius 1 is 1.06 bits per heavy atom. The molecule has 6 nitrogen and oxygen atoms in total. The van der Waals surface area contributed by atoms with Gasteiger partial charge < -0.3 is 10.1 Å². The predicted octanol–water partition coefficient (Wildman–Crippen LogP) is 5.90. The lowest BCUT2D eigenvalue weighted by Gasteiger charge is -2.12. The first-order valence-electron chi connectivity index (χ1n) is 10.5. The molecular weight excluding hydrogens is 472 g/mol. The van der Waals surface area contributed by atoms with Crippen molar-refractivity contribution in [3.63, 3.8) is 0 Å². The van der Waals surface area contributed by atoms with E-state index >= 15 is 0 Å². The van der Waals surface area contributed by atoms with Crippen LogP contribution in [0.4, 0.5) is 10.5 Å². The van der Waals surface area contributed by atoms with Gasteiger partial charge >= 0.3 is 0 Å². The fraction of sp³-hybridized carbons (Fsp3) is 0.115. The molecule has 34 heavy (non-hydrogen) atoms. The molecule has 8 heteroatoms. The van der Waals surface area contributed by atoms with Crippen LogP contribution >= 0.6 is 23.4 Å². The molecule has 0 aromatic heterocycles. The van der Waals surface area contributed by atoms with Gasteiger partial charge in [-0.1, -0.05) is 59.6 Å². The van der Waals surface area contributed by atoms with Crippen LogP contribution in [0.1, 0.15) is 16.7 Å². The summed E-state index contributed by atoms with van der Waals surface area (Å²) in [5.74, 6) is -0.404. The number of halogens is 1. The van der Waals surface area contributed by atoms with Crippen molar-refractivity contribution in [1.29, 1.82) is 0 Å². The number of anilines is 1. The lowest BCUT2D eigenvalue weighted by molar-refractivity contribution is -0.127. The highest BCUT2D eigenvalue weighted by Crippen LogP contribution is 2.34. The second-order valence-electron chi connectivity index (χ2n) is 7.64. The molecule has 4 rings (SSSR count). The normalized spacial score (nSPS) is 14.5. The van der Waals surface area contributed by atoms with E-state index in [1.807, 2.05) is 55.5 Å². The monoisotopic (exact) mass is 492 g/mol. The molecule has 1 saturated heterocycles. The van der Waals surface area contributed by atoms with Crippen LogP contribution < -0.4 is 10.1 Å². The summed E-state index contributed by atoms with van der Waals surface area (Å²) in [6, 6.07) is 21.9. The summed E-state index contributed by atoms with van der Waals surface area (Å²) in [4.78, 5) is 38.8. The number of nitrogens with one attached hydrogen (secondary N) is 1. The van der Waals surface area contributed by atoms with Crippen LogP contribution in [-0.4, -0.2) is 28.5 Å². The van der Waals surface area contributed by atoms with E-state index in [4.69, 9.17) is 16.3 Å². The summed E-state index contributed by atoms with van der Waals surface area (Å²) in [5, 5.41) is 2.69. The number of hydrogen-bond donors (Lipinski definition) is 1. The Bertz CT molecular complexity index is 1270. The summed E-state index contributed by atoms with van der Waals surface area (Å²) in [6.07, 6.45) is 1.62. The summed E-state index contributed by atoms with van der Waals surface area (Å²) in [7, 11) is 0. The summed E-state index contributed by atoms with van der Waals surface area (Å²) >= 11 is 6.64. The number of ether oxygens (including phenoxy) is 1. The zero-order valence-electron chi connectivity index (χ0n) is 18.3. The first-order chi connectivity index (χ1) is 16.4. The van der Waals surface area contributed by atoms with E-state index in [1.54, 1.807) is 30.3 Å². The summed E-state index contributed by atoms with van der Waals surface area (Å²) in [5.41, 5.74) is 3.37. The molecule has 0 saturated carbocycles. The molecule has 1 N–H and O–H groups in total. The summed E-state index contributed by atoms with van der Waals surface area (Å²) < 4.78 is 5.98. The zero-order valence-corrected chi connectivity index (χ0v) is 19.9. The maximum Gasteiger partial charge on any atom is 0.294 e. The Morgan fingerprint density at radius 3 is 2.59 bits per heavy atom. The van der Waals surface area contributed by atoms with Crippen LogP contribution in [0, 0.1) is 6.92 Å². The van der Waals surface area contributed by atoms with Gasteiger partial charge in [-0.25, -0.2) is 0 Å². The number of carbonyl (C=O) groups is 3. The molecule has 1 aliphatic heterocycles. The lowest BCUT2D eigenvalue weighted by Crippen LogP contribution is -2.36. The SMILES string of the molecule is Cc1cccc(COc2ccccc2/C=C2/SC(=O)N(CC(=O)Nc3ccc(Cl)cc3)C2=O)c1. The average molecular weight is 493 g/mol. The third kappa shape index (κ3) is 5.87. The number of amides is 3. The van der Waals surface area contributed by atoms with Crippen LogP contribution in [-0.2, 0) is 16.2 Å². The molecule has 0 spiro atoms. The second kappa shape index (κ2) is 10.6. The molecule has 1 heterocycles. The van der Waals surface area contributed by atoms with Crippen LogP contribution in [0.3, 0.4) is 0 Å². The number of nitrogens with zero attached hydrogens (tertiary/aromatic N) is 1. The third-order valence-corrected chi connectivity index (χ3v) is 6.15. The molecule has 3 amide bonds. The van der Waals surface area contributed by atoms with Gasteiger partial charge in [0, 0.05) is 16.3 Å². The van der Waals surface area contributed by atoms with Crippen LogP contribution in [0.5, 0.6) is 5.75 Å². The largest absolute Gasteiger partial charge is 0.488 e. The standard InChI is InChI=1S/C26H21ClN2O4S/c1-17-5-4-6-18(13-17)16-33-22-8-3-2-7-19(22)14-23-25(31)29(26(32)34-23)15-24(30)28-21-11-9-20(27)10-12-21/h2-14H,15-16H2,1H3,(H,28,30)/b23-14+. The van der Waals surface area contributed by atoms with E-state index in [0.29, 0.717) is 28.6 Å². The molecule has 3 aromatic carbocycles. The molecule has 0 radical (unpaired) electrons. The predicted molar refractivity (Wildman–Crippen MR) is 135 cm³/mol. The van der Waals surface area contributed by atoms with Crippen molar-refractivity contribution >= 4 is 52.2 Å². The van der Waals surface area contributed by atoms with Crippen LogP contribution in [0.2, 0.25) is 5.02 Å². The average Bonchev–Trinajstić information content (AvgIpc) is 3.07. The van der Waals surface area contributed by atoms with Crippen molar-refractivity contribution in [2.75, 3.05) is 11.9 Å². The van der Waals surface area contributed by atoms with Gasteiger partial charge in [-0.05, 0) is 60.7 Å². The Balaban J connectivity index is 1.44. The first-order valence-corrected chi connectivity index (χ1v) is 11.7. The van der Waals surface area contributed by atoms with Gasteiger partial charge in [0.2, 0.25) is 5.91 Å². The van der Waals surface area contributed by atoms with E-state index in [-0.39, 0.29) is 11.4 Å². The quantitative estimate of drug-likeness (QED) is 0.415. The molecule has 0 bridgehead atoms. The Labute approximate surface area is 206 Å². The molecule has 172 valence electrons. The molecule has 3 aromatic rings. The fourth-order valence-electron chi connectivity index (χ4n) is 3.35. The van der Waals surface area contributed by atoms with Gasteiger partial charge in [0.25, 0.3) is 11.1 Å². The molecular formula is C26H21ClN2O4S. The smallest absolute Gasteiger partial charge is 0.294 e. The Morgan fingerprint density at radius 2 is 1.82 bits per heavy atom. The van der Waals surface area contributed by atoms with Crippen molar-refractivity contribution in [3.05, 3.63) is 99.4 Å². The van der Waals surface area contributed by atoms with E-state index < -0.39 is 17.1 Å². The molecule has 1 fully saturated rings. The lowest BCUT2D eigenvalue weighted by atomic mass is 10.1. The van der Waals surface area contributed by atoms with Gasteiger partial charge in [-0.2, -0.15) is 0 Å². The van der Waals surface area contributed by atoms with Crippen molar-refractivity contribution in [3.8, 4) is 5.75 Å². The number of rotatable bonds is 7. The highest BCUT2D eigenvalue weighted by atomic mass is 35.5. The van der Waals surface area contributed by atoms with Gasteiger partial charge in [-0.3, -0.25) is 19.3 Å². The zero-order chi connectivity index (χ0) is 24.1. The second-order valence-corrected chi connectivity index (χ2v) is 9.07. The number of carbonyl (C=O) groups excluding carboxylic acids is 3. The van der Waals surface area contributed by atoms with E-state index in [9.17, 15) is 14.4 Å². The van der Waals surface area contributed by atoms with Gasteiger partial charge in [-0.15, -0.1) is 0 Å². The number of thioether (sulfide) groups is 1. The molecule has 1 aliphatic rings. The maximum atomic E-state index is 12.9. The minimum absolute atomic E-state index is 0.232. The minimum atomic E-state index is -0.519. The van der Waals surface area contributed by atoms with Gasteiger partial charge in [0.1, 0.15) is 18.9 Å². The third-order valence-electron chi connectivity index (χ3n) is 4.99. The van der Waals surface area contributed by atoms with Gasteiger partial charge in [0.15, 0.2) is 0 Å². The number of para-hydroxylation sites is 1. The van der Waals surface area contributed by atoms with Crippen LogP contribution in [0.25, 0.3) is 6.08 Å².